The Labute approximate surface area is 157 Å². The molecule has 2 N–H and O–H groups in total. The number of rotatable bonds is 8. The Morgan fingerprint density at radius 1 is 1.30 bits per heavy atom. The lowest BCUT2D eigenvalue weighted by Gasteiger charge is -2.03. The summed E-state index contributed by atoms with van der Waals surface area (Å²) in [7, 11) is 0. The first kappa shape index (κ1) is 18.3. The van der Waals surface area contributed by atoms with Crippen molar-refractivity contribution >= 4 is 11.7 Å². The summed E-state index contributed by atoms with van der Waals surface area (Å²) in [4.78, 5) is 12.3. The molecule has 0 radical (unpaired) electrons. The largest absolute Gasteiger partial charge is 0.486 e. The van der Waals surface area contributed by atoms with Gasteiger partial charge in [-0.05, 0) is 49.2 Å². The molecule has 7 heteroatoms. The number of hydrogen-bond donors (Lipinski definition) is 2. The van der Waals surface area contributed by atoms with Crippen LogP contribution in [0, 0.1) is 11.3 Å². The number of amides is 1. The number of furan rings is 1. The fraction of sp³-hybridized carbons (Fsp3) is 0.250. The maximum absolute atomic E-state index is 12.3. The highest BCUT2D eigenvalue weighted by atomic mass is 16.5. The smallest absolute Gasteiger partial charge is 0.292 e. The highest BCUT2D eigenvalue weighted by molar-refractivity contribution is 6.01. The van der Waals surface area contributed by atoms with Crippen molar-refractivity contribution < 1.29 is 13.9 Å². The Balaban J connectivity index is 1.53. The van der Waals surface area contributed by atoms with Crippen LogP contribution in [0.4, 0.5) is 5.82 Å². The number of ether oxygens (including phenoxy) is 1. The van der Waals surface area contributed by atoms with Gasteiger partial charge in [0, 0.05) is 11.8 Å². The lowest BCUT2D eigenvalue weighted by atomic mass is 10.2. The van der Waals surface area contributed by atoms with E-state index in [1.54, 1.807) is 36.4 Å². The van der Waals surface area contributed by atoms with E-state index in [0.29, 0.717) is 22.9 Å². The second-order valence-corrected chi connectivity index (χ2v) is 6.03. The topological polar surface area (TPSA) is 104 Å². The molecule has 7 nitrogen and oxygen atoms in total. The average molecular weight is 364 g/mol. The van der Waals surface area contributed by atoms with Crippen molar-refractivity contribution in [3.8, 4) is 11.8 Å². The number of hydrogen-bond acceptors (Lipinski definition) is 5. The third-order valence-corrected chi connectivity index (χ3v) is 3.92. The molecule has 3 rings (SSSR count). The second kappa shape index (κ2) is 8.72. The molecule has 0 atom stereocenters. The summed E-state index contributed by atoms with van der Waals surface area (Å²) in [6, 6.07) is 13.9. The molecule has 1 amide bonds. The third-order valence-electron chi connectivity index (χ3n) is 3.92. The molecule has 0 fully saturated rings. The lowest BCUT2D eigenvalue weighted by Crippen LogP contribution is -2.11. The zero-order valence-corrected chi connectivity index (χ0v) is 15.0. The number of carbonyl (C=O) groups is 1. The van der Waals surface area contributed by atoms with Crippen LogP contribution in [0.25, 0.3) is 0 Å². The van der Waals surface area contributed by atoms with Gasteiger partial charge in [-0.25, -0.2) is 0 Å². The fourth-order valence-electron chi connectivity index (χ4n) is 2.46. The minimum atomic E-state index is -0.367. The molecule has 3 aromatic rings. The molecule has 27 heavy (non-hydrogen) atoms. The number of unbranched alkanes of at least 4 members (excludes halogenated alkanes) is 1. The van der Waals surface area contributed by atoms with Gasteiger partial charge in [0.1, 0.15) is 18.1 Å². The van der Waals surface area contributed by atoms with Crippen molar-refractivity contribution in [3.05, 3.63) is 65.2 Å². The van der Waals surface area contributed by atoms with Gasteiger partial charge in [0.25, 0.3) is 5.91 Å². The SMILES string of the molecule is CCCCc1cc(NC(=O)c2ccc(COc3ccc(C#N)cc3)o2)n[nH]1. The number of anilines is 1. The molecule has 0 bridgehead atoms. The van der Waals surface area contributed by atoms with E-state index in [-0.39, 0.29) is 18.3 Å². The van der Waals surface area contributed by atoms with Gasteiger partial charge in [-0.15, -0.1) is 0 Å². The summed E-state index contributed by atoms with van der Waals surface area (Å²) in [5, 5.41) is 18.5. The normalized spacial score (nSPS) is 10.4. The van der Waals surface area contributed by atoms with Crippen LogP contribution in [0.5, 0.6) is 5.75 Å². The van der Waals surface area contributed by atoms with Crippen LogP contribution >= 0.6 is 0 Å². The van der Waals surface area contributed by atoms with Gasteiger partial charge in [-0.3, -0.25) is 9.89 Å². The molecule has 0 saturated heterocycles. The number of nitrogens with one attached hydrogen (secondary N) is 2. The molecule has 0 unspecified atom stereocenters. The Morgan fingerprint density at radius 2 is 2.11 bits per heavy atom. The van der Waals surface area contributed by atoms with E-state index < -0.39 is 0 Å². The molecular weight excluding hydrogens is 344 g/mol. The van der Waals surface area contributed by atoms with Gasteiger partial charge in [-0.1, -0.05) is 13.3 Å². The number of nitrogens with zero attached hydrogens (tertiary/aromatic N) is 2. The number of aromatic nitrogens is 2. The lowest BCUT2D eigenvalue weighted by molar-refractivity contribution is 0.0992. The minimum Gasteiger partial charge on any atom is -0.486 e. The van der Waals surface area contributed by atoms with E-state index in [4.69, 9.17) is 14.4 Å². The average Bonchev–Trinajstić information content (AvgIpc) is 3.34. The van der Waals surface area contributed by atoms with Crippen LogP contribution in [-0.2, 0) is 13.0 Å². The quantitative estimate of drug-likeness (QED) is 0.627. The maximum Gasteiger partial charge on any atom is 0.292 e. The van der Waals surface area contributed by atoms with Crippen molar-refractivity contribution in [1.29, 1.82) is 5.26 Å². The van der Waals surface area contributed by atoms with Crippen LogP contribution in [0.2, 0.25) is 0 Å². The second-order valence-electron chi connectivity index (χ2n) is 6.03. The van der Waals surface area contributed by atoms with E-state index in [2.05, 4.69) is 22.4 Å². The summed E-state index contributed by atoms with van der Waals surface area (Å²) in [5.74, 6) is 1.43. The predicted molar refractivity (Wildman–Crippen MR) is 99.3 cm³/mol. The maximum atomic E-state index is 12.3. The van der Waals surface area contributed by atoms with Crippen molar-refractivity contribution in [2.24, 2.45) is 0 Å². The fourth-order valence-corrected chi connectivity index (χ4v) is 2.46. The molecule has 2 aromatic heterocycles. The molecule has 1 aromatic carbocycles. The summed E-state index contributed by atoms with van der Waals surface area (Å²) in [6.07, 6.45) is 3.06. The highest BCUT2D eigenvalue weighted by Crippen LogP contribution is 2.16. The third kappa shape index (κ3) is 4.98. The van der Waals surface area contributed by atoms with E-state index in [9.17, 15) is 4.79 Å². The number of nitriles is 1. The number of benzene rings is 1. The molecule has 0 saturated carbocycles. The Bertz CT molecular complexity index is 935. The minimum absolute atomic E-state index is 0.183. The van der Waals surface area contributed by atoms with E-state index in [1.165, 1.54) is 0 Å². The van der Waals surface area contributed by atoms with Gasteiger partial charge in [0.05, 0.1) is 11.6 Å². The van der Waals surface area contributed by atoms with Gasteiger partial charge < -0.3 is 14.5 Å². The number of carbonyl (C=O) groups excluding carboxylic acids is 1. The van der Waals surface area contributed by atoms with Crippen LogP contribution in [0.3, 0.4) is 0 Å². The summed E-state index contributed by atoms with van der Waals surface area (Å²) < 4.78 is 11.1. The summed E-state index contributed by atoms with van der Waals surface area (Å²) in [6.45, 7) is 2.31. The van der Waals surface area contributed by atoms with Gasteiger partial charge in [-0.2, -0.15) is 10.4 Å². The Morgan fingerprint density at radius 3 is 2.85 bits per heavy atom. The first-order chi connectivity index (χ1) is 13.2. The van der Waals surface area contributed by atoms with Crippen molar-refractivity contribution in [3.63, 3.8) is 0 Å². The van der Waals surface area contributed by atoms with Crippen molar-refractivity contribution in [2.45, 2.75) is 32.8 Å². The predicted octanol–water partition coefficient (Wildman–Crippen LogP) is 4.05. The van der Waals surface area contributed by atoms with Crippen LogP contribution in [0.15, 0.2) is 46.9 Å². The summed E-state index contributed by atoms with van der Waals surface area (Å²) in [5.41, 5.74) is 1.55. The number of aromatic amines is 1. The monoisotopic (exact) mass is 364 g/mol. The molecule has 0 aliphatic carbocycles. The molecule has 0 aliphatic heterocycles. The zero-order valence-electron chi connectivity index (χ0n) is 15.0. The van der Waals surface area contributed by atoms with E-state index in [1.807, 2.05) is 12.1 Å². The molecule has 0 aliphatic rings. The van der Waals surface area contributed by atoms with Crippen LogP contribution in [0.1, 0.15) is 47.3 Å². The molecule has 138 valence electrons. The standard InChI is InChI=1S/C20H20N4O3/c1-2-3-4-15-11-19(24-23-15)22-20(25)18-10-9-17(27-18)13-26-16-7-5-14(12-21)6-8-16/h5-11H,2-4,13H2,1H3,(H2,22,23,24,25). The van der Waals surface area contributed by atoms with Crippen molar-refractivity contribution in [2.75, 3.05) is 5.32 Å². The zero-order chi connectivity index (χ0) is 19.1. The van der Waals surface area contributed by atoms with Crippen molar-refractivity contribution in [1.82, 2.24) is 10.2 Å². The Kier molecular flexibility index (Phi) is 5.90. The van der Waals surface area contributed by atoms with Gasteiger partial charge in [0.15, 0.2) is 11.6 Å². The molecular formula is C20H20N4O3. The van der Waals surface area contributed by atoms with E-state index in [0.717, 1.165) is 25.0 Å². The first-order valence-electron chi connectivity index (χ1n) is 8.75. The van der Waals surface area contributed by atoms with Gasteiger partial charge >= 0.3 is 0 Å². The molecule has 2 heterocycles. The Hall–Kier alpha value is -3.53. The molecule has 0 spiro atoms. The van der Waals surface area contributed by atoms with Gasteiger partial charge in [0.2, 0.25) is 0 Å². The number of H-pyrrole nitrogens is 1. The number of aryl methyl sites for hydroxylation is 1. The first-order valence-corrected chi connectivity index (χ1v) is 8.75. The summed E-state index contributed by atoms with van der Waals surface area (Å²) >= 11 is 0. The van der Waals surface area contributed by atoms with Crippen LogP contribution in [-0.4, -0.2) is 16.1 Å². The van der Waals surface area contributed by atoms with Crippen LogP contribution < -0.4 is 10.1 Å². The highest BCUT2D eigenvalue weighted by Gasteiger charge is 2.13. The van der Waals surface area contributed by atoms with E-state index >= 15 is 0 Å².